The lowest BCUT2D eigenvalue weighted by atomic mass is 10.4. The van der Waals surface area contributed by atoms with E-state index in [2.05, 4.69) is 15.8 Å². The van der Waals surface area contributed by atoms with Crippen molar-refractivity contribution in [2.45, 2.75) is 13.8 Å². The summed E-state index contributed by atoms with van der Waals surface area (Å²) in [5, 5.41) is 8.54. The van der Waals surface area contributed by atoms with Crippen LogP contribution in [0.25, 0.3) is 0 Å². The molecule has 0 fully saturated rings. The number of nitrogens with zero attached hydrogens (tertiary/aromatic N) is 1. The van der Waals surface area contributed by atoms with Crippen molar-refractivity contribution in [2.24, 2.45) is 0 Å². The van der Waals surface area contributed by atoms with E-state index in [1.807, 2.05) is 0 Å². The van der Waals surface area contributed by atoms with Crippen LogP contribution in [0.5, 0.6) is 0 Å². The van der Waals surface area contributed by atoms with Crippen molar-refractivity contribution >= 4 is 23.5 Å². The molecule has 0 aliphatic rings. The monoisotopic (exact) mass is 249 g/mol. The van der Waals surface area contributed by atoms with Crippen LogP contribution in [0, 0.1) is 6.92 Å². The SMILES string of the molecule is CC(=O)Nc1ccc(C(=O)Nc2cc(C)on2)o1. The number of hydrogen-bond donors (Lipinski definition) is 2. The predicted molar refractivity (Wildman–Crippen MR) is 62.2 cm³/mol. The molecule has 0 radical (unpaired) electrons. The van der Waals surface area contributed by atoms with Gasteiger partial charge in [-0.3, -0.25) is 14.9 Å². The predicted octanol–water partition coefficient (Wildman–Crippen LogP) is 1.79. The highest BCUT2D eigenvalue weighted by molar-refractivity contribution is 6.02. The molecule has 0 saturated heterocycles. The van der Waals surface area contributed by atoms with Crippen LogP contribution in [-0.2, 0) is 4.79 Å². The number of hydrogen-bond acceptors (Lipinski definition) is 5. The minimum absolute atomic E-state index is 0.0689. The lowest BCUT2D eigenvalue weighted by Gasteiger charge is -1.97. The summed E-state index contributed by atoms with van der Waals surface area (Å²) >= 11 is 0. The van der Waals surface area contributed by atoms with Crippen LogP contribution in [0.15, 0.2) is 27.1 Å². The van der Waals surface area contributed by atoms with Gasteiger partial charge < -0.3 is 14.3 Å². The van der Waals surface area contributed by atoms with Crippen LogP contribution in [0.4, 0.5) is 11.7 Å². The topological polar surface area (TPSA) is 97.4 Å². The number of rotatable bonds is 3. The number of anilines is 2. The maximum absolute atomic E-state index is 11.7. The first-order chi connectivity index (χ1) is 8.54. The molecule has 18 heavy (non-hydrogen) atoms. The minimum Gasteiger partial charge on any atom is -0.435 e. The summed E-state index contributed by atoms with van der Waals surface area (Å²) in [6, 6.07) is 4.52. The van der Waals surface area contributed by atoms with Crippen molar-refractivity contribution in [2.75, 3.05) is 10.6 Å². The summed E-state index contributed by atoms with van der Waals surface area (Å²) in [5.41, 5.74) is 0. The Morgan fingerprint density at radius 1 is 1.28 bits per heavy atom. The van der Waals surface area contributed by atoms with E-state index >= 15 is 0 Å². The largest absolute Gasteiger partial charge is 0.435 e. The summed E-state index contributed by atoms with van der Waals surface area (Å²) in [5.74, 6) is 0.422. The fourth-order valence-corrected chi connectivity index (χ4v) is 1.30. The average Bonchev–Trinajstić information content (AvgIpc) is 2.87. The summed E-state index contributed by atoms with van der Waals surface area (Å²) in [7, 11) is 0. The molecule has 2 aromatic rings. The van der Waals surface area contributed by atoms with E-state index in [-0.39, 0.29) is 17.6 Å². The highest BCUT2D eigenvalue weighted by Gasteiger charge is 2.13. The lowest BCUT2D eigenvalue weighted by molar-refractivity contribution is -0.114. The normalized spacial score (nSPS) is 10.1. The zero-order valence-corrected chi connectivity index (χ0v) is 9.81. The molecule has 0 aromatic carbocycles. The smallest absolute Gasteiger partial charge is 0.292 e. The van der Waals surface area contributed by atoms with Gasteiger partial charge in [0.1, 0.15) is 5.76 Å². The third-order valence-corrected chi connectivity index (χ3v) is 2.00. The molecule has 7 nitrogen and oxygen atoms in total. The van der Waals surface area contributed by atoms with Gasteiger partial charge in [-0.15, -0.1) is 0 Å². The van der Waals surface area contributed by atoms with Crippen LogP contribution in [0.1, 0.15) is 23.2 Å². The molecular formula is C11H11N3O4. The lowest BCUT2D eigenvalue weighted by Crippen LogP contribution is -2.11. The molecule has 0 bridgehead atoms. The van der Waals surface area contributed by atoms with Crippen LogP contribution in [-0.4, -0.2) is 17.0 Å². The van der Waals surface area contributed by atoms with E-state index in [9.17, 15) is 9.59 Å². The second-order valence-corrected chi connectivity index (χ2v) is 3.62. The van der Waals surface area contributed by atoms with E-state index in [1.165, 1.54) is 19.1 Å². The number of furan rings is 1. The Hall–Kier alpha value is -2.57. The van der Waals surface area contributed by atoms with Crippen LogP contribution < -0.4 is 10.6 Å². The number of nitrogens with one attached hydrogen (secondary N) is 2. The van der Waals surface area contributed by atoms with Crippen molar-refractivity contribution in [1.82, 2.24) is 5.16 Å². The molecule has 0 saturated carbocycles. The second-order valence-electron chi connectivity index (χ2n) is 3.62. The van der Waals surface area contributed by atoms with Crippen molar-refractivity contribution in [3.05, 3.63) is 29.7 Å². The fraction of sp³-hybridized carbons (Fsp3) is 0.182. The average molecular weight is 249 g/mol. The number of amides is 2. The molecule has 2 heterocycles. The quantitative estimate of drug-likeness (QED) is 0.864. The second kappa shape index (κ2) is 4.74. The van der Waals surface area contributed by atoms with Crippen molar-refractivity contribution in [1.29, 1.82) is 0 Å². The standard InChI is InChI=1S/C11H11N3O4/c1-6-5-9(14-18-6)13-11(16)8-3-4-10(17-8)12-7(2)15/h3-5H,1-2H3,(H,12,15)(H,13,14,16). The van der Waals surface area contributed by atoms with Crippen molar-refractivity contribution in [3.63, 3.8) is 0 Å². The van der Waals surface area contributed by atoms with Gasteiger partial charge >= 0.3 is 0 Å². The zero-order valence-electron chi connectivity index (χ0n) is 9.81. The van der Waals surface area contributed by atoms with E-state index in [0.717, 1.165) is 0 Å². The fourth-order valence-electron chi connectivity index (χ4n) is 1.30. The van der Waals surface area contributed by atoms with Gasteiger partial charge in [-0.2, -0.15) is 0 Å². The molecule has 0 aliphatic heterocycles. The van der Waals surface area contributed by atoms with Crippen molar-refractivity contribution < 1.29 is 18.5 Å². The van der Waals surface area contributed by atoms with Gasteiger partial charge in [0.05, 0.1) is 0 Å². The van der Waals surface area contributed by atoms with E-state index in [4.69, 9.17) is 8.94 Å². The van der Waals surface area contributed by atoms with E-state index in [1.54, 1.807) is 13.0 Å². The highest BCUT2D eigenvalue weighted by atomic mass is 16.5. The first kappa shape index (κ1) is 11.9. The molecule has 2 rings (SSSR count). The van der Waals surface area contributed by atoms with Crippen LogP contribution >= 0.6 is 0 Å². The maximum Gasteiger partial charge on any atom is 0.292 e. The Kier molecular flexibility index (Phi) is 3.13. The summed E-state index contributed by atoms with van der Waals surface area (Å²) in [6.45, 7) is 3.06. The number of carbonyl (C=O) groups excluding carboxylic acids is 2. The molecule has 2 amide bonds. The van der Waals surface area contributed by atoms with Gasteiger partial charge in [0.15, 0.2) is 17.5 Å². The van der Waals surface area contributed by atoms with Gasteiger partial charge in [-0.25, -0.2) is 0 Å². The zero-order chi connectivity index (χ0) is 13.1. The summed E-state index contributed by atoms with van der Waals surface area (Å²) in [4.78, 5) is 22.5. The first-order valence-electron chi connectivity index (χ1n) is 5.16. The molecule has 2 aromatic heterocycles. The first-order valence-corrected chi connectivity index (χ1v) is 5.16. The number of carbonyl (C=O) groups is 2. The Morgan fingerprint density at radius 3 is 2.67 bits per heavy atom. The molecule has 0 spiro atoms. The Labute approximate surface area is 102 Å². The number of aryl methyl sites for hydroxylation is 1. The van der Waals surface area contributed by atoms with Gasteiger partial charge in [-0.05, 0) is 13.0 Å². The molecule has 0 atom stereocenters. The van der Waals surface area contributed by atoms with Gasteiger partial charge in [-0.1, -0.05) is 5.16 Å². The number of aromatic nitrogens is 1. The Morgan fingerprint density at radius 2 is 2.06 bits per heavy atom. The Balaban J connectivity index is 2.05. The van der Waals surface area contributed by atoms with Crippen LogP contribution in [0.3, 0.4) is 0 Å². The third-order valence-electron chi connectivity index (χ3n) is 2.00. The molecule has 7 heteroatoms. The van der Waals surface area contributed by atoms with Crippen molar-refractivity contribution in [3.8, 4) is 0 Å². The maximum atomic E-state index is 11.7. The van der Waals surface area contributed by atoms with Gasteiger partial charge in [0.25, 0.3) is 5.91 Å². The van der Waals surface area contributed by atoms with E-state index in [0.29, 0.717) is 11.6 Å². The van der Waals surface area contributed by atoms with Gasteiger partial charge in [0, 0.05) is 19.1 Å². The van der Waals surface area contributed by atoms with Gasteiger partial charge in [0.2, 0.25) is 5.91 Å². The van der Waals surface area contributed by atoms with E-state index < -0.39 is 5.91 Å². The highest BCUT2D eigenvalue weighted by Crippen LogP contribution is 2.15. The molecule has 0 unspecified atom stereocenters. The minimum atomic E-state index is -0.472. The third kappa shape index (κ3) is 2.76. The molecular weight excluding hydrogens is 238 g/mol. The summed E-state index contributed by atoms with van der Waals surface area (Å²) in [6.07, 6.45) is 0. The Bertz CT molecular complexity index is 585. The summed E-state index contributed by atoms with van der Waals surface area (Å²) < 4.78 is 9.94. The molecule has 0 aliphatic carbocycles. The molecule has 2 N–H and O–H groups in total. The van der Waals surface area contributed by atoms with Crippen LogP contribution in [0.2, 0.25) is 0 Å². The molecule has 94 valence electrons.